The number of esters is 7. The topological polar surface area (TPSA) is 285 Å². The van der Waals surface area contributed by atoms with Crippen molar-refractivity contribution in [3.63, 3.8) is 0 Å². The second-order valence-electron chi connectivity index (χ2n) is 48.5. The Bertz CT molecular complexity index is 4650. The maximum Gasteiger partial charge on any atom is 0.355 e. The monoisotopic (exact) mass is 1900 g/mol. The molecule has 12 bridgehead atoms. The van der Waals surface area contributed by atoms with Gasteiger partial charge in [0.05, 0.1) is 23.3 Å². The average molecular weight is 1910 g/mol. The zero-order valence-electron chi connectivity index (χ0n) is 86.8. The van der Waals surface area contributed by atoms with Crippen molar-refractivity contribution in [2.24, 2.45) is 111 Å². The summed E-state index contributed by atoms with van der Waals surface area (Å²) in [5, 5.41) is 24.6. The van der Waals surface area contributed by atoms with Gasteiger partial charge in [0.25, 0.3) is 0 Å². The van der Waals surface area contributed by atoms with Gasteiger partial charge in [-0.05, 0) is 478 Å². The van der Waals surface area contributed by atoms with Crippen molar-refractivity contribution in [1.29, 1.82) is 0 Å². The molecule has 7 N–H and O–H groups in total. The number of benzene rings is 4. The second kappa shape index (κ2) is 46.8. The molecule has 22 nitrogen and oxygen atoms in total. The smallest absolute Gasteiger partial charge is 0.355 e. The first-order chi connectivity index (χ1) is 65.6. The van der Waals surface area contributed by atoms with E-state index in [4.69, 9.17) is 33.2 Å². The highest BCUT2D eigenvalue weighted by atomic mass is 16.6. The number of nitrogens with one attached hydrogen (secondary N) is 7. The lowest BCUT2D eigenvalue weighted by Crippen LogP contribution is -2.53. The van der Waals surface area contributed by atoms with Crippen LogP contribution in [0.2, 0.25) is 0 Å². The van der Waals surface area contributed by atoms with Gasteiger partial charge in [-0.15, -0.1) is 0 Å². The van der Waals surface area contributed by atoms with Crippen LogP contribution >= 0.6 is 0 Å². The molecule has 18 aliphatic rings. The van der Waals surface area contributed by atoms with E-state index >= 15 is 0 Å². The molecule has 0 radical (unpaired) electrons. The quantitative estimate of drug-likeness (QED) is 0.0148. The normalized spacial score (nSPS) is 28.4. The Balaban J connectivity index is 0.000000132. The van der Waals surface area contributed by atoms with E-state index in [1.165, 1.54) is 115 Å². The van der Waals surface area contributed by atoms with Crippen LogP contribution in [0.1, 0.15) is 323 Å². The fourth-order valence-electron chi connectivity index (χ4n) is 28.7. The zero-order valence-corrected chi connectivity index (χ0v) is 86.8. The predicted octanol–water partition coefficient (Wildman–Crippen LogP) is 20.3. The minimum Gasteiger partial charge on any atom is -0.459 e. The minimum absolute atomic E-state index is 0.0792. The lowest BCUT2D eigenvalue weighted by molar-refractivity contribution is -0.190. The van der Waals surface area contributed by atoms with Gasteiger partial charge in [0.15, 0.2) is 0 Å². The Labute approximate surface area is 826 Å². The van der Waals surface area contributed by atoms with Gasteiger partial charge in [-0.1, -0.05) is 72.3 Å². The molecule has 4 aromatic rings. The van der Waals surface area contributed by atoms with Gasteiger partial charge in [-0.25, -0.2) is 9.59 Å². The number of aryl methyl sites for hydroxylation is 2. The Kier molecular flexibility index (Phi) is 36.0. The zero-order chi connectivity index (χ0) is 98.4. The highest BCUT2D eigenvalue weighted by Crippen LogP contribution is 2.63. The van der Waals surface area contributed by atoms with E-state index in [9.17, 15) is 38.4 Å². The number of hydrogen-bond donors (Lipinski definition) is 7. The molecule has 6 saturated heterocycles. The van der Waals surface area contributed by atoms with Crippen LogP contribution < -0.4 is 42.0 Å². The van der Waals surface area contributed by atoms with Crippen LogP contribution in [0.15, 0.2) is 96.7 Å². The van der Waals surface area contributed by atoms with Crippen LogP contribution in [0.4, 0.5) is 0 Å². The number of rotatable bonds is 24. The van der Waals surface area contributed by atoms with Gasteiger partial charge in [0, 0.05) is 55.8 Å². The summed E-state index contributed by atoms with van der Waals surface area (Å²) in [6, 6.07) is 28.5. The third kappa shape index (κ3) is 28.9. The van der Waals surface area contributed by atoms with Crippen molar-refractivity contribution >= 4 is 64.5 Å². The Hall–Kier alpha value is -7.60. The van der Waals surface area contributed by atoms with Gasteiger partial charge < -0.3 is 70.4 Å². The van der Waals surface area contributed by atoms with Crippen LogP contribution in [0.25, 0.3) is 16.8 Å². The van der Waals surface area contributed by atoms with Crippen LogP contribution in [0, 0.1) is 118 Å². The van der Waals surface area contributed by atoms with E-state index in [0.29, 0.717) is 76.9 Å². The maximum absolute atomic E-state index is 13.1. The molecule has 12 aliphatic carbocycles. The number of hydrogen-bond acceptors (Lipinski definition) is 21. The number of fused-ring (bicyclic) bond motifs is 1. The minimum atomic E-state index is -0.576. The number of carbonyl (C=O) groups is 8. The summed E-state index contributed by atoms with van der Waals surface area (Å²) < 4.78 is 40.9. The first-order valence-corrected chi connectivity index (χ1v) is 54.1. The molecular weight excluding hydrogens is 1730 g/mol. The SMILES string of the molecule is CC(=O)N/C(=C\c1ccccc1)C(=O)OC(C)(C)C1CCNCC1.CC(=O)Oc1ccc2cc(C(=O)OC(C)(C)C3CCNCC3)ccc2c1.CC(C)(OC(=O)C12CC3CC(CC(C3)C1)C2)C1CCNCC1.CC(C)(OC(=O)C1C2CC3CC(C2)CC1C3)C1CCNCC1.CC(C)(OC(=O)CC12CC3CC(CC(C3)C1)C2)C1CCNCC1.Cc1ccc(CCC(=O)OC(C)(C)C2CCNCC2)cc1. The molecule has 22 rings (SSSR count). The summed E-state index contributed by atoms with van der Waals surface area (Å²) >= 11 is 0. The third-order valence-electron chi connectivity index (χ3n) is 35.5. The van der Waals surface area contributed by atoms with Crippen LogP contribution in [0.5, 0.6) is 5.75 Å². The number of carbonyl (C=O) groups excluding carboxylic acids is 8. The number of ether oxygens (including phenoxy) is 7. The first-order valence-electron chi connectivity index (χ1n) is 54.1. The van der Waals surface area contributed by atoms with Crippen molar-refractivity contribution in [3.8, 4) is 5.75 Å². The van der Waals surface area contributed by atoms with E-state index in [2.05, 4.69) is 110 Å². The molecule has 0 atom stereocenters. The largest absolute Gasteiger partial charge is 0.459 e. The van der Waals surface area contributed by atoms with Crippen molar-refractivity contribution in [1.82, 2.24) is 37.2 Å². The average Bonchev–Trinajstić information content (AvgIpc) is 0.739. The third-order valence-corrected chi connectivity index (χ3v) is 35.5. The number of amides is 1. The standard InChI is InChI=1S/C21H25NO4.C20H33NO2.C19H26N2O3.2C19H31NO2.C18H27NO2/c1-14(23)25-19-7-6-15-12-17(5-4-16(15)13-19)20(24)26-21(2,3)18-8-10-22-11-9-18;1-19(2,17-3-5-21-6-4-17)23-18(22)13-20-10-14-7-15(11-20)9-16(8-14)12-20;1-14(22)21-17(13-15-7-5-4-6-8-15)18(23)24-19(2,3)16-9-11-20-12-10-16;1-18(2,16-3-5-20-6-4-16)22-17(21)19-10-13-7-14(11-19)9-15(8-13)12-19;1-19(2,16-3-5-20-6-4-16)22-18(21)17-14-8-12-7-13(10-14)11-15(17)9-12;1-14-4-6-15(7-5-14)8-9-17(20)21-18(2,3)16-10-12-19-13-11-16/h4-7,12-13,18,22H,8-11H2,1-3H3;14-17,21H,3-13H2,1-2H3;4-8,13,16,20H,9-12H2,1-3H3,(H,21,22);13-16,20H,3-12H2,1-2H3;12-17,20H,3-11H2,1-2H3;4-7,16,19H,8-13H2,1-3H3/b;;17-13-;;;. The molecule has 0 aromatic heterocycles. The van der Waals surface area contributed by atoms with Gasteiger partial charge in [-0.2, -0.15) is 0 Å². The van der Waals surface area contributed by atoms with Crippen LogP contribution in [0.3, 0.4) is 0 Å². The molecule has 6 heterocycles. The van der Waals surface area contributed by atoms with Crippen LogP contribution in [-0.4, -0.2) is 160 Å². The van der Waals surface area contributed by atoms with Crippen molar-refractivity contribution in [2.75, 3.05) is 78.5 Å². The molecule has 1 amide bonds. The van der Waals surface area contributed by atoms with Gasteiger partial charge in [0.1, 0.15) is 45.1 Å². The van der Waals surface area contributed by atoms with E-state index in [1.54, 1.807) is 24.3 Å². The Morgan fingerprint density at radius 2 is 0.761 bits per heavy atom. The van der Waals surface area contributed by atoms with Gasteiger partial charge in [-0.3, -0.25) is 28.8 Å². The van der Waals surface area contributed by atoms with E-state index in [1.807, 2.05) is 90.1 Å². The molecule has 0 unspecified atom stereocenters. The Morgan fingerprint density at radius 1 is 0.391 bits per heavy atom. The molecular formula is C116H173N7O15. The summed E-state index contributed by atoms with van der Waals surface area (Å²) in [4.78, 5) is 98.7. The highest BCUT2D eigenvalue weighted by molar-refractivity contribution is 5.98. The summed E-state index contributed by atoms with van der Waals surface area (Å²) in [6.07, 6.45) is 38.7. The summed E-state index contributed by atoms with van der Waals surface area (Å²) in [6.45, 7) is 41.8. The molecule has 138 heavy (non-hydrogen) atoms. The molecule has 4 aromatic carbocycles. The highest BCUT2D eigenvalue weighted by Gasteiger charge is 2.58. The van der Waals surface area contributed by atoms with Crippen molar-refractivity contribution in [3.05, 3.63) is 119 Å². The van der Waals surface area contributed by atoms with Crippen LogP contribution in [-0.2, 0) is 68.4 Å². The fraction of sp³-hybridized carbons (Fsp3) is 0.724. The van der Waals surface area contributed by atoms with Gasteiger partial charge in [0.2, 0.25) is 5.91 Å². The van der Waals surface area contributed by atoms with E-state index in [0.717, 1.165) is 245 Å². The van der Waals surface area contributed by atoms with E-state index < -0.39 is 17.2 Å². The lowest BCUT2D eigenvalue weighted by Gasteiger charge is -2.56. The molecule has 22 heteroatoms. The van der Waals surface area contributed by atoms with E-state index in [-0.39, 0.29) is 81.2 Å². The lowest BCUT2D eigenvalue weighted by atomic mass is 9.49. The molecule has 12 saturated carbocycles. The van der Waals surface area contributed by atoms with Crippen molar-refractivity contribution in [2.45, 2.75) is 343 Å². The fourth-order valence-corrected chi connectivity index (χ4v) is 28.7. The molecule has 6 aliphatic heterocycles. The summed E-state index contributed by atoms with van der Waals surface area (Å²) in [5.41, 5.74) is 1.82. The predicted molar refractivity (Wildman–Crippen MR) is 543 cm³/mol. The summed E-state index contributed by atoms with van der Waals surface area (Å²) in [7, 11) is 0. The molecule has 762 valence electrons. The summed E-state index contributed by atoms with van der Waals surface area (Å²) in [5.74, 6) is 10.4. The Morgan fingerprint density at radius 3 is 1.18 bits per heavy atom. The van der Waals surface area contributed by atoms with Crippen molar-refractivity contribution < 1.29 is 71.5 Å². The number of piperidine rings is 6. The maximum atomic E-state index is 13.1. The van der Waals surface area contributed by atoms with Gasteiger partial charge >= 0.3 is 41.8 Å². The molecule has 18 fully saturated rings. The molecule has 0 spiro atoms. The second-order valence-corrected chi connectivity index (χ2v) is 48.5. The first kappa shape index (κ1) is 106.